The van der Waals surface area contributed by atoms with Crippen LogP contribution in [-0.4, -0.2) is 71.7 Å². The zero-order chi connectivity index (χ0) is 23.3. The topological polar surface area (TPSA) is 105 Å². The monoisotopic (exact) mass is 458 g/mol. The Balaban J connectivity index is 1.63. The molecule has 0 spiro atoms. The van der Waals surface area contributed by atoms with Crippen molar-refractivity contribution < 1.29 is 32.4 Å². The van der Waals surface area contributed by atoms with Gasteiger partial charge in [-0.05, 0) is 25.0 Å². The number of urea groups is 1. The standard InChI is InChI=1S/C20H25F3N4O5/c21-20(22,23)13-32-15-6-7-17(27(30)31)16(12-15)18(28)25-8-10-26(11-9-25)19(29)24-14-4-2-1-3-5-14/h6-7,12,14H,1-5,8-11,13H2,(H,24,29). The van der Waals surface area contributed by atoms with E-state index < -0.39 is 29.3 Å². The molecule has 2 aliphatic rings. The Labute approximate surface area is 182 Å². The molecular weight excluding hydrogens is 433 g/mol. The number of rotatable bonds is 5. The molecular formula is C20H25F3N4O5. The highest BCUT2D eigenvalue weighted by Gasteiger charge is 2.32. The molecule has 32 heavy (non-hydrogen) atoms. The van der Waals surface area contributed by atoms with E-state index in [1.807, 2.05) is 0 Å². The molecule has 12 heteroatoms. The summed E-state index contributed by atoms with van der Waals surface area (Å²) in [6.07, 6.45) is 0.638. The van der Waals surface area contributed by atoms with E-state index in [9.17, 15) is 32.9 Å². The summed E-state index contributed by atoms with van der Waals surface area (Å²) in [7, 11) is 0. The van der Waals surface area contributed by atoms with E-state index in [1.54, 1.807) is 4.90 Å². The van der Waals surface area contributed by atoms with Gasteiger partial charge in [-0.1, -0.05) is 19.3 Å². The number of nitrogens with one attached hydrogen (secondary N) is 1. The molecule has 1 aliphatic carbocycles. The molecule has 0 atom stereocenters. The van der Waals surface area contributed by atoms with Gasteiger partial charge >= 0.3 is 12.2 Å². The number of halogens is 3. The number of hydrogen-bond donors (Lipinski definition) is 1. The molecule has 1 aromatic rings. The van der Waals surface area contributed by atoms with E-state index in [-0.39, 0.29) is 49.6 Å². The van der Waals surface area contributed by atoms with Crippen molar-refractivity contribution in [3.05, 3.63) is 33.9 Å². The minimum atomic E-state index is -4.58. The van der Waals surface area contributed by atoms with Gasteiger partial charge in [0.15, 0.2) is 6.61 Å². The second-order valence-corrected chi connectivity index (χ2v) is 7.90. The van der Waals surface area contributed by atoms with Crippen molar-refractivity contribution >= 4 is 17.6 Å². The second kappa shape index (κ2) is 10.0. The number of piperazine rings is 1. The van der Waals surface area contributed by atoms with Gasteiger partial charge in [0.1, 0.15) is 11.3 Å². The Morgan fingerprint density at radius 1 is 1.09 bits per heavy atom. The van der Waals surface area contributed by atoms with Gasteiger partial charge in [0.2, 0.25) is 0 Å². The molecule has 0 radical (unpaired) electrons. The van der Waals surface area contributed by atoms with Crippen LogP contribution in [0.1, 0.15) is 42.5 Å². The van der Waals surface area contributed by atoms with Crippen LogP contribution in [0.15, 0.2) is 18.2 Å². The van der Waals surface area contributed by atoms with Gasteiger partial charge in [0.25, 0.3) is 11.6 Å². The minimum Gasteiger partial charge on any atom is -0.484 e. The predicted molar refractivity (Wildman–Crippen MR) is 108 cm³/mol. The van der Waals surface area contributed by atoms with E-state index in [0.717, 1.165) is 43.9 Å². The first-order chi connectivity index (χ1) is 15.1. The van der Waals surface area contributed by atoms with Crippen molar-refractivity contribution in [1.82, 2.24) is 15.1 Å². The fraction of sp³-hybridized carbons (Fsp3) is 0.600. The smallest absolute Gasteiger partial charge is 0.422 e. The van der Waals surface area contributed by atoms with Crippen LogP contribution >= 0.6 is 0 Å². The molecule has 9 nitrogen and oxygen atoms in total. The number of carbonyl (C=O) groups excluding carboxylic acids is 2. The summed E-state index contributed by atoms with van der Waals surface area (Å²) in [4.78, 5) is 38.9. The summed E-state index contributed by atoms with van der Waals surface area (Å²) in [5, 5.41) is 14.3. The fourth-order valence-electron chi connectivity index (χ4n) is 3.90. The second-order valence-electron chi connectivity index (χ2n) is 7.90. The summed E-state index contributed by atoms with van der Waals surface area (Å²) >= 11 is 0. The number of alkyl halides is 3. The predicted octanol–water partition coefficient (Wildman–Crippen LogP) is 3.34. The maximum Gasteiger partial charge on any atom is 0.422 e. The minimum absolute atomic E-state index is 0.151. The first-order valence-electron chi connectivity index (χ1n) is 10.5. The lowest BCUT2D eigenvalue weighted by Crippen LogP contribution is -2.54. The molecule has 1 heterocycles. The van der Waals surface area contributed by atoms with E-state index in [2.05, 4.69) is 10.1 Å². The van der Waals surface area contributed by atoms with E-state index in [1.165, 1.54) is 11.3 Å². The SMILES string of the molecule is O=C(NC1CCCCC1)N1CCN(C(=O)c2cc(OCC(F)(F)F)ccc2[N+](=O)[O-])CC1. The van der Waals surface area contributed by atoms with Crippen LogP contribution in [0.4, 0.5) is 23.7 Å². The van der Waals surface area contributed by atoms with Crippen molar-refractivity contribution in [3.63, 3.8) is 0 Å². The van der Waals surface area contributed by atoms with Gasteiger partial charge < -0.3 is 19.9 Å². The number of amides is 3. The summed E-state index contributed by atoms with van der Waals surface area (Å²) in [6, 6.07) is 2.88. The number of nitro benzene ring substituents is 1. The summed E-state index contributed by atoms with van der Waals surface area (Å²) in [6.45, 7) is -0.763. The largest absolute Gasteiger partial charge is 0.484 e. The van der Waals surface area contributed by atoms with Crippen LogP contribution in [-0.2, 0) is 0 Å². The molecule has 3 rings (SSSR count). The Kier molecular flexibility index (Phi) is 7.41. The fourth-order valence-corrected chi connectivity index (χ4v) is 3.90. The van der Waals surface area contributed by atoms with Crippen molar-refractivity contribution in [2.75, 3.05) is 32.8 Å². The van der Waals surface area contributed by atoms with Gasteiger partial charge in [0.05, 0.1) is 4.92 Å². The molecule has 176 valence electrons. The van der Waals surface area contributed by atoms with Crippen LogP contribution in [0, 0.1) is 10.1 Å². The lowest BCUT2D eigenvalue weighted by molar-refractivity contribution is -0.385. The average molecular weight is 458 g/mol. The molecule has 1 saturated heterocycles. The normalized spacial score (nSPS) is 17.7. The van der Waals surface area contributed by atoms with Crippen LogP contribution in [0.5, 0.6) is 5.75 Å². The molecule has 0 bridgehead atoms. The summed E-state index contributed by atoms with van der Waals surface area (Å²) in [5.41, 5.74) is -0.874. The highest BCUT2D eigenvalue weighted by molar-refractivity contribution is 5.98. The number of nitrogens with zero attached hydrogens (tertiary/aromatic N) is 3. The van der Waals surface area contributed by atoms with Crippen LogP contribution < -0.4 is 10.1 Å². The molecule has 1 aromatic carbocycles. The Morgan fingerprint density at radius 3 is 2.31 bits per heavy atom. The van der Waals surface area contributed by atoms with Gasteiger partial charge in [-0.15, -0.1) is 0 Å². The van der Waals surface area contributed by atoms with Crippen LogP contribution in [0.25, 0.3) is 0 Å². The van der Waals surface area contributed by atoms with Crippen LogP contribution in [0.2, 0.25) is 0 Å². The number of benzene rings is 1. The van der Waals surface area contributed by atoms with Gasteiger partial charge in [-0.2, -0.15) is 13.2 Å². The van der Waals surface area contributed by atoms with Crippen molar-refractivity contribution in [3.8, 4) is 5.75 Å². The highest BCUT2D eigenvalue weighted by Crippen LogP contribution is 2.27. The van der Waals surface area contributed by atoms with Gasteiger partial charge in [-0.3, -0.25) is 14.9 Å². The van der Waals surface area contributed by atoms with Crippen molar-refractivity contribution in [2.45, 2.75) is 44.3 Å². The maximum absolute atomic E-state index is 12.9. The Hall–Kier alpha value is -3.05. The van der Waals surface area contributed by atoms with Gasteiger partial charge in [-0.25, -0.2) is 4.79 Å². The van der Waals surface area contributed by atoms with E-state index in [4.69, 9.17) is 0 Å². The Morgan fingerprint density at radius 2 is 1.72 bits per heavy atom. The number of nitro groups is 1. The molecule has 0 unspecified atom stereocenters. The molecule has 1 N–H and O–H groups in total. The summed E-state index contributed by atoms with van der Waals surface area (Å²) in [5.74, 6) is -0.983. The van der Waals surface area contributed by atoms with Crippen molar-refractivity contribution in [1.29, 1.82) is 0 Å². The molecule has 3 amide bonds. The third-order valence-corrected chi connectivity index (χ3v) is 5.58. The number of carbonyl (C=O) groups is 2. The highest BCUT2D eigenvalue weighted by atomic mass is 19.4. The zero-order valence-corrected chi connectivity index (χ0v) is 17.4. The maximum atomic E-state index is 12.9. The lowest BCUT2D eigenvalue weighted by atomic mass is 9.96. The number of hydrogen-bond acceptors (Lipinski definition) is 5. The summed E-state index contributed by atoms with van der Waals surface area (Å²) < 4.78 is 41.8. The van der Waals surface area contributed by atoms with Gasteiger partial charge in [0, 0.05) is 38.3 Å². The quantitative estimate of drug-likeness (QED) is 0.538. The lowest BCUT2D eigenvalue weighted by Gasteiger charge is -2.36. The number of ether oxygens (including phenoxy) is 1. The first kappa shape index (κ1) is 23.6. The molecule has 2 fully saturated rings. The molecule has 0 aromatic heterocycles. The first-order valence-corrected chi connectivity index (χ1v) is 10.5. The van der Waals surface area contributed by atoms with Crippen molar-refractivity contribution in [2.24, 2.45) is 0 Å². The molecule has 1 aliphatic heterocycles. The van der Waals surface area contributed by atoms with Crippen LogP contribution in [0.3, 0.4) is 0 Å². The third-order valence-electron chi connectivity index (χ3n) is 5.58. The molecule has 1 saturated carbocycles. The zero-order valence-electron chi connectivity index (χ0n) is 17.4. The van der Waals surface area contributed by atoms with E-state index >= 15 is 0 Å². The van der Waals surface area contributed by atoms with E-state index in [0.29, 0.717) is 0 Å². The third kappa shape index (κ3) is 6.24. The Bertz CT molecular complexity index is 850. The average Bonchev–Trinajstić information content (AvgIpc) is 2.77.